The summed E-state index contributed by atoms with van der Waals surface area (Å²) in [5, 5.41) is 3.81. The summed E-state index contributed by atoms with van der Waals surface area (Å²) >= 11 is 0. The third kappa shape index (κ3) is 5.59. The van der Waals surface area contributed by atoms with Crippen LogP contribution in [0.5, 0.6) is 11.5 Å². The Balaban J connectivity index is 1.28. The Labute approximate surface area is 185 Å². The lowest BCUT2D eigenvalue weighted by molar-refractivity contribution is -0.143. The van der Waals surface area contributed by atoms with Crippen molar-refractivity contribution in [1.29, 1.82) is 0 Å². The number of ether oxygens (including phenoxy) is 3. The minimum Gasteiger partial charge on any atom is -0.486 e. The summed E-state index contributed by atoms with van der Waals surface area (Å²) in [7, 11) is 0. The largest absolute Gasteiger partial charge is 0.486 e. The van der Waals surface area contributed by atoms with Gasteiger partial charge in [-0.2, -0.15) is 0 Å². The molecule has 0 amide bonds. The number of rotatable bonds is 8. The summed E-state index contributed by atoms with van der Waals surface area (Å²) in [5.41, 5.74) is 3.83. The van der Waals surface area contributed by atoms with Crippen LogP contribution < -0.4 is 14.8 Å². The molecule has 1 heterocycles. The van der Waals surface area contributed by atoms with Gasteiger partial charge in [0.1, 0.15) is 13.2 Å². The van der Waals surface area contributed by atoms with Gasteiger partial charge in [0.2, 0.25) is 0 Å². The Morgan fingerprint density at radius 2 is 1.87 bits per heavy atom. The standard InChI is InChI=1S/C26H33NO4/c1-3-29-26(28)13-6-19-4-7-20(8-5-19)22-9-11-23(16-22)27-18(2)21-10-12-24-25(17-21)31-15-14-30-24/h4-5,7-8,10,12,17-18,22-23,27H,3,6,9,11,13-16H2,1-2H3/t18?,22-,23-/m0/s1. The van der Waals surface area contributed by atoms with Gasteiger partial charge >= 0.3 is 5.97 Å². The molecule has 0 spiro atoms. The van der Waals surface area contributed by atoms with Gasteiger partial charge in [0, 0.05) is 18.5 Å². The normalized spacial score (nSPS) is 21.0. The van der Waals surface area contributed by atoms with E-state index in [-0.39, 0.29) is 12.0 Å². The van der Waals surface area contributed by atoms with E-state index in [1.165, 1.54) is 29.5 Å². The zero-order valence-corrected chi connectivity index (χ0v) is 18.6. The van der Waals surface area contributed by atoms with E-state index in [2.05, 4.69) is 48.6 Å². The summed E-state index contributed by atoms with van der Waals surface area (Å²) in [6, 6.07) is 15.8. The second-order valence-corrected chi connectivity index (χ2v) is 8.54. The molecule has 2 aliphatic rings. The van der Waals surface area contributed by atoms with Gasteiger partial charge in [-0.3, -0.25) is 4.79 Å². The van der Waals surface area contributed by atoms with Crippen molar-refractivity contribution in [3.05, 3.63) is 59.2 Å². The van der Waals surface area contributed by atoms with Crippen LogP contribution >= 0.6 is 0 Å². The average Bonchev–Trinajstić information content (AvgIpc) is 3.26. The lowest BCUT2D eigenvalue weighted by Crippen LogP contribution is -2.29. The number of hydrogen-bond acceptors (Lipinski definition) is 5. The number of esters is 1. The van der Waals surface area contributed by atoms with Crippen molar-refractivity contribution in [2.45, 2.75) is 64.0 Å². The Bertz CT molecular complexity index is 879. The fourth-order valence-electron chi connectivity index (χ4n) is 4.65. The molecule has 5 nitrogen and oxygen atoms in total. The van der Waals surface area contributed by atoms with E-state index in [0.717, 1.165) is 24.3 Å². The highest BCUT2D eigenvalue weighted by atomic mass is 16.6. The maximum Gasteiger partial charge on any atom is 0.306 e. The quantitative estimate of drug-likeness (QED) is 0.610. The monoisotopic (exact) mass is 423 g/mol. The number of fused-ring (bicyclic) bond motifs is 1. The molecule has 0 aromatic heterocycles. The highest BCUT2D eigenvalue weighted by Gasteiger charge is 2.27. The van der Waals surface area contributed by atoms with Crippen molar-refractivity contribution in [3.8, 4) is 11.5 Å². The predicted molar refractivity (Wildman–Crippen MR) is 121 cm³/mol. The van der Waals surface area contributed by atoms with E-state index < -0.39 is 0 Å². The molecule has 5 heteroatoms. The molecule has 4 rings (SSSR count). The SMILES string of the molecule is CCOC(=O)CCc1ccc([C@H]2CC[C@H](NC(C)c3ccc4c(c3)OCCO4)C2)cc1. The molecule has 31 heavy (non-hydrogen) atoms. The van der Waals surface area contributed by atoms with Crippen molar-refractivity contribution < 1.29 is 19.0 Å². The van der Waals surface area contributed by atoms with Crippen molar-refractivity contribution in [1.82, 2.24) is 5.32 Å². The van der Waals surface area contributed by atoms with E-state index in [0.29, 0.717) is 38.2 Å². The van der Waals surface area contributed by atoms with Crippen LogP contribution in [-0.4, -0.2) is 31.8 Å². The first-order valence-corrected chi connectivity index (χ1v) is 11.5. The summed E-state index contributed by atoms with van der Waals surface area (Å²) < 4.78 is 16.4. The predicted octanol–water partition coefficient (Wildman–Crippen LogP) is 4.94. The maximum absolute atomic E-state index is 11.5. The second-order valence-electron chi connectivity index (χ2n) is 8.54. The van der Waals surface area contributed by atoms with Gasteiger partial charge in [-0.05, 0) is 74.3 Å². The molecular weight excluding hydrogens is 390 g/mol. The maximum atomic E-state index is 11.5. The first-order chi connectivity index (χ1) is 15.1. The molecule has 1 aliphatic carbocycles. The molecule has 1 saturated carbocycles. The molecule has 0 bridgehead atoms. The first-order valence-electron chi connectivity index (χ1n) is 11.5. The van der Waals surface area contributed by atoms with Gasteiger partial charge in [-0.25, -0.2) is 0 Å². The molecule has 1 N–H and O–H groups in total. The van der Waals surface area contributed by atoms with Crippen LogP contribution in [0.3, 0.4) is 0 Å². The van der Waals surface area contributed by atoms with Crippen molar-refractivity contribution in [2.75, 3.05) is 19.8 Å². The van der Waals surface area contributed by atoms with Crippen LogP contribution in [0.25, 0.3) is 0 Å². The van der Waals surface area contributed by atoms with Crippen molar-refractivity contribution >= 4 is 5.97 Å². The van der Waals surface area contributed by atoms with Gasteiger partial charge < -0.3 is 19.5 Å². The van der Waals surface area contributed by atoms with Gasteiger partial charge in [0.15, 0.2) is 11.5 Å². The Kier molecular flexibility index (Phi) is 7.13. The number of carbonyl (C=O) groups excluding carboxylic acids is 1. The minimum atomic E-state index is -0.122. The molecule has 166 valence electrons. The van der Waals surface area contributed by atoms with Gasteiger partial charge in [-0.1, -0.05) is 30.3 Å². The highest BCUT2D eigenvalue weighted by molar-refractivity contribution is 5.69. The fraction of sp³-hybridized carbons (Fsp3) is 0.500. The van der Waals surface area contributed by atoms with Gasteiger partial charge in [0.05, 0.1) is 6.61 Å². The molecule has 1 unspecified atom stereocenters. The number of hydrogen-bond donors (Lipinski definition) is 1. The Morgan fingerprint density at radius 3 is 2.65 bits per heavy atom. The molecule has 0 saturated heterocycles. The summed E-state index contributed by atoms with van der Waals surface area (Å²) in [5.74, 6) is 2.16. The molecule has 2 aromatic carbocycles. The summed E-state index contributed by atoms with van der Waals surface area (Å²) in [4.78, 5) is 11.5. The highest BCUT2D eigenvalue weighted by Crippen LogP contribution is 2.37. The number of benzene rings is 2. The van der Waals surface area contributed by atoms with E-state index in [4.69, 9.17) is 14.2 Å². The van der Waals surface area contributed by atoms with Crippen LogP contribution in [0.1, 0.15) is 68.2 Å². The third-order valence-electron chi connectivity index (χ3n) is 6.36. The zero-order chi connectivity index (χ0) is 21.6. The lowest BCUT2D eigenvalue weighted by atomic mass is 9.95. The fourth-order valence-corrected chi connectivity index (χ4v) is 4.65. The van der Waals surface area contributed by atoms with Crippen LogP contribution in [0.15, 0.2) is 42.5 Å². The molecule has 3 atom stereocenters. The zero-order valence-electron chi connectivity index (χ0n) is 18.6. The Morgan fingerprint density at radius 1 is 1.10 bits per heavy atom. The molecule has 0 radical (unpaired) electrons. The third-order valence-corrected chi connectivity index (χ3v) is 6.36. The summed E-state index contributed by atoms with van der Waals surface area (Å²) in [6.07, 6.45) is 4.72. The van der Waals surface area contributed by atoms with Gasteiger partial charge in [-0.15, -0.1) is 0 Å². The van der Waals surface area contributed by atoms with Crippen LogP contribution in [0.4, 0.5) is 0 Å². The van der Waals surface area contributed by atoms with E-state index in [1.807, 2.05) is 13.0 Å². The molecular formula is C26H33NO4. The lowest BCUT2D eigenvalue weighted by Gasteiger charge is -2.23. The smallest absolute Gasteiger partial charge is 0.306 e. The van der Waals surface area contributed by atoms with E-state index >= 15 is 0 Å². The van der Waals surface area contributed by atoms with E-state index in [9.17, 15) is 4.79 Å². The number of aryl methyl sites for hydroxylation is 1. The second kappa shape index (κ2) is 10.2. The van der Waals surface area contributed by atoms with Crippen LogP contribution in [0.2, 0.25) is 0 Å². The van der Waals surface area contributed by atoms with Gasteiger partial charge in [0.25, 0.3) is 0 Å². The molecule has 2 aromatic rings. The van der Waals surface area contributed by atoms with Crippen molar-refractivity contribution in [2.24, 2.45) is 0 Å². The first kappa shape index (κ1) is 21.7. The van der Waals surface area contributed by atoms with E-state index in [1.54, 1.807) is 0 Å². The Hall–Kier alpha value is -2.53. The minimum absolute atomic E-state index is 0.122. The molecule has 1 fully saturated rings. The average molecular weight is 424 g/mol. The number of carbonyl (C=O) groups is 1. The van der Waals surface area contributed by atoms with Crippen LogP contribution in [0, 0.1) is 0 Å². The summed E-state index contributed by atoms with van der Waals surface area (Å²) in [6.45, 7) is 5.74. The van der Waals surface area contributed by atoms with Crippen LogP contribution in [-0.2, 0) is 16.0 Å². The number of nitrogens with one attached hydrogen (secondary N) is 1. The topological polar surface area (TPSA) is 56.8 Å². The van der Waals surface area contributed by atoms with Crippen molar-refractivity contribution in [3.63, 3.8) is 0 Å². The molecule has 1 aliphatic heterocycles.